The van der Waals surface area contributed by atoms with Crippen LogP contribution in [-0.2, 0) is 11.2 Å². The summed E-state index contributed by atoms with van der Waals surface area (Å²) >= 11 is 6.09. The van der Waals surface area contributed by atoms with Crippen LogP contribution in [0.5, 0.6) is 11.5 Å². The summed E-state index contributed by atoms with van der Waals surface area (Å²) in [5, 5.41) is 3.36. The van der Waals surface area contributed by atoms with E-state index in [4.69, 9.17) is 21.1 Å². The van der Waals surface area contributed by atoms with E-state index in [2.05, 4.69) is 29.4 Å². The number of nitrogens with one attached hydrogen (secondary N) is 1. The quantitative estimate of drug-likeness (QED) is 0.441. The lowest BCUT2D eigenvalue weighted by molar-refractivity contribution is -0.118. The van der Waals surface area contributed by atoms with Crippen molar-refractivity contribution in [3.63, 3.8) is 0 Å². The molecule has 31 heavy (non-hydrogen) atoms. The first kappa shape index (κ1) is 22.4. The minimum Gasteiger partial charge on any atom is -0.493 e. The number of rotatable bonds is 8. The monoisotopic (exact) mass is 436 g/mol. The minimum absolute atomic E-state index is 0.154. The van der Waals surface area contributed by atoms with Gasteiger partial charge in [-0.3, -0.25) is 9.79 Å². The summed E-state index contributed by atoms with van der Waals surface area (Å²) in [6, 6.07) is 18.9. The van der Waals surface area contributed by atoms with Crippen LogP contribution in [0.3, 0.4) is 0 Å². The number of ether oxygens (including phenoxy) is 2. The number of hydrogen-bond donors (Lipinski definition) is 1. The molecule has 0 spiro atoms. The van der Waals surface area contributed by atoms with E-state index in [1.807, 2.05) is 37.3 Å². The van der Waals surface area contributed by atoms with Crippen molar-refractivity contribution >= 4 is 35.1 Å². The minimum atomic E-state index is -0.289. The van der Waals surface area contributed by atoms with Gasteiger partial charge >= 0.3 is 0 Å². The van der Waals surface area contributed by atoms with Crippen molar-refractivity contribution in [3.8, 4) is 11.5 Å². The second-order valence-electron chi connectivity index (χ2n) is 6.99. The van der Waals surface area contributed by atoms with Crippen molar-refractivity contribution in [3.05, 3.63) is 82.4 Å². The number of aliphatic imine (C=N–C) groups is 1. The highest BCUT2D eigenvalue weighted by atomic mass is 35.5. The first-order chi connectivity index (χ1) is 15.0. The topological polar surface area (TPSA) is 59.9 Å². The molecule has 3 aromatic carbocycles. The summed E-state index contributed by atoms with van der Waals surface area (Å²) in [6.45, 7) is 3.87. The summed E-state index contributed by atoms with van der Waals surface area (Å²) in [7, 11) is 1.56. The van der Waals surface area contributed by atoms with Crippen molar-refractivity contribution in [2.45, 2.75) is 20.3 Å². The molecule has 0 aliphatic rings. The number of methoxy groups -OCH3 is 1. The van der Waals surface area contributed by atoms with Gasteiger partial charge in [-0.1, -0.05) is 36.7 Å². The Morgan fingerprint density at radius 1 is 1.06 bits per heavy atom. The number of aryl methyl sites for hydroxylation is 2. The van der Waals surface area contributed by atoms with Crippen LogP contribution in [0.15, 0.2) is 65.7 Å². The number of anilines is 1. The SMILES string of the molecule is CCc1ccc(N=Cc2ccc(OCC(=O)Nc3ccc(C)c(Cl)c3)c(OC)c2)cc1. The molecule has 0 aliphatic carbocycles. The lowest BCUT2D eigenvalue weighted by Crippen LogP contribution is -2.20. The third-order valence-electron chi connectivity index (χ3n) is 4.71. The van der Waals surface area contributed by atoms with E-state index in [9.17, 15) is 4.79 Å². The average Bonchev–Trinajstić information content (AvgIpc) is 2.79. The zero-order valence-electron chi connectivity index (χ0n) is 17.8. The van der Waals surface area contributed by atoms with Gasteiger partial charge in [-0.25, -0.2) is 0 Å². The lowest BCUT2D eigenvalue weighted by atomic mass is 10.1. The van der Waals surface area contributed by atoms with E-state index in [1.165, 1.54) is 5.56 Å². The fraction of sp³-hybridized carbons (Fsp3) is 0.200. The number of hydrogen-bond acceptors (Lipinski definition) is 4. The fourth-order valence-electron chi connectivity index (χ4n) is 2.86. The van der Waals surface area contributed by atoms with Gasteiger partial charge in [-0.05, 0) is 72.5 Å². The Hall–Kier alpha value is -3.31. The van der Waals surface area contributed by atoms with Gasteiger partial charge in [-0.2, -0.15) is 0 Å². The molecule has 3 rings (SSSR count). The van der Waals surface area contributed by atoms with Crippen molar-refractivity contribution in [1.29, 1.82) is 0 Å². The summed E-state index contributed by atoms with van der Waals surface area (Å²) in [5.74, 6) is 0.712. The van der Waals surface area contributed by atoms with Crippen molar-refractivity contribution < 1.29 is 14.3 Å². The Morgan fingerprint density at radius 3 is 2.52 bits per heavy atom. The molecular weight excluding hydrogens is 412 g/mol. The summed E-state index contributed by atoms with van der Waals surface area (Å²) in [4.78, 5) is 16.7. The largest absolute Gasteiger partial charge is 0.493 e. The van der Waals surface area contributed by atoms with Crippen LogP contribution in [0.25, 0.3) is 0 Å². The molecule has 0 aliphatic heterocycles. The second kappa shape index (κ2) is 10.6. The molecule has 0 unspecified atom stereocenters. The van der Waals surface area contributed by atoms with Crippen LogP contribution in [-0.4, -0.2) is 25.8 Å². The number of carbonyl (C=O) groups is 1. The standard InChI is InChI=1S/C25H25ClN2O3/c1-4-18-6-10-20(11-7-18)27-15-19-8-12-23(24(13-19)30-3)31-16-25(29)28-21-9-5-17(2)22(26)14-21/h5-15H,4,16H2,1-3H3,(H,28,29). The molecule has 0 radical (unpaired) electrons. The normalized spacial score (nSPS) is 10.8. The number of amides is 1. The number of halogens is 1. The van der Waals surface area contributed by atoms with Crippen molar-refractivity contribution in [2.24, 2.45) is 4.99 Å². The predicted octanol–water partition coefficient (Wildman–Crippen LogP) is 5.99. The molecule has 0 saturated heterocycles. The smallest absolute Gasteiger partial charge is 0.262 e. The molecule has 0 atom stereocenters. The lowest BCUT2D eigenvalue weighted by Gasteiger charge is -2.12. The second-order valence-corrected chi connectivity index (χ2v) is 7.40. The maximum atomic E-state index is 12.2. The van der Waals surface area contributed by atoms with Gasteiger partial charge in [0, 0.05) is 16.9 Å². The first-order valence-corrected chi connectivity index (χ1v) is 10.4. The summed E-state index contributed by atoms with van der Waals surface area (Å²) < 4.78 is 11.1. The molecular formula is C25H25ClN2O3. The van der Waals surface area contributed by atoms with Gasteiger partial charge in [0.1, 0.15) is 0 Å². The van der Waals surface area contributed by atoms with Gasteiger partial charge in [0.15, 0.2) is 18.1 Å². The van der Waals surface area contributed by atoms with Crippen LogP contribution >= 0.6 is 11.6 Å². The van der Waals surface area contributed by atoms with Crippen LogP contribution in [0.1, 0.15) is 23.6 Å². The zero-order chi connectivity index (χ0) is 22.2. The Balaban J connectivity index is 1.61. The third kappa shape index (κ3) is 6.33. The Morgan fingerprint density at radius 2 is 1.84 bits per heavy atom. The van der Waals surface area contributed by atoms with E-state index in [1.54, 1.807) is 31.5 Å². The highest BCUT2D eigenvalue weighted by molar-refractivity contribution is 6.31. The number of carbonyl (C=O) groups excluding carboxylic acids is 1. The molecule has 1 amide bonds. The van der Waals surface area contributed by atoms with E-state index in [0.717, 1.165) is 23.2 Å². The molecule has 0 saturated carbocycles. The fourth-order valence-corrected chi connectivity index (χ4v) is 3.04. The average molecular weight is 437 g/mol. The molecule has 0 aromatic heterocycles. The predicted molar refractivity (Wildman–Crippen MR) is 126 cm³/mol. The van der Waals surface area contributed by atoms with E-state index in [-0.39, 0.29) is 12.5 Å². The highest BCUT2D eigenvalue weighted by Gasteiger charge is 2.09. The molecule has 1 N–H and O–H groups in total. The van der Waals surface area contributed by atoms with Gasteiger partial charge in [0.05, 0.1) is 12.8 Å². The molecule has 0 heterocycles. The number of nitrogens with zero attached hydrogens (tertiary/aromatic N) is 1. The molecule has 5 nitrogen and oxygen atoms in total. The van der Waals surface area contributed by atoms with Crippen molar-refractivity contribution in [1.82, 2.24) is 0 Å². The van der Waals surface area contributed by atoms with Gasteiger partial charge in [0.25, 0.3) is 5.91 Å². The first-order valence-electron chi connectivity index (χ1n) is 9.98. The molecule has 0 fully saturated rings. The zero-order valence-corrected chi connectivity index (χ0v) is 18.6. The summed E-state index contributed by atoms with van der Waals surface area (Å²) in [5.41, 5.74) is 4.58. The molecule has 160 valence electrons. The Bertz CT molecular complexity index is 1080. The molecule has 6 heteroatoms. The Kier molecular flexibility index (Phi) is 7.68. The third-order valence-corrected chi connectivity index (χ3v) is 5.12. The molecule has 3 aromatic rings. The van der Waals surface area contributed by atoms with Gasteiger partial charge in [0.2, 0.25) is 0 Å². The van der Waals surface area contributed by atoms with Crippen LogP contribution < -0.4 is 14.8 Å². The van der Waals surface area contributed by atoms with Crippen molar-refractivity contribution in [2.75, 3.05) is 19.0 Å². The van der Waals surface area contributed by atoms with Crippen LogP contribution in [0.4, 0.5) is 11.4 Å². The van der Waals surface area contributed by atoms with E-state index >= 15 is 0 Å². The number of benzene rings is 3. The molecule has 0 bridgehead atoms. The maximum Gasteiger partial charge on any atom is 0.262 e. The van der Waals surface area contributed by atoms with Gasteiger partial charge < -0.3 is 14.8 Å². The Labute approximate surface area is 187 Å². The van der Waals surface area contributed by atoms with Crippen LogP contribution in [0, 0.1) is 6.92 Å². The maximum absolute atomic E-state index is 12.2. The van der Waals surface area contributed by atoms with E-state index < -0.39 is 0 Å². The van der Waals surface area contributed by atoms with Gasteiger partial charge in [-0.15, -0.1) is 0 Å². The van der Waals surface area contributed by atoms with Crippen LogP contribution in [0.2, 0.25) is 5.02 Å². The highest BCUT2D eigenvalue weighted by Crippen LogP contribution is 2.28. The van der Waals surface area contributed by atoms with E-state index in [0.29, 0.717) is 22.2 Å². The summed E-state index contributed by atoms with van der Waals surface area (Å²) in [6.07, 6.45) is 2.76.